The van der Waals surface area contributed by atoms with Crippen molar-refractivity contribution in [1.29, 1.82) is 0 Å². The van der Waals surface area contributed by atoms with Crippen LogP contribution in [0.5, 0.6) is 0 Å². The topological polar surface area (TPSA) is 98.8 Å². The summed E-state index contributed by atoms with van der Waals surface area (Å²) in [5.41, 5.74) is -2.77. The van der Waals surface area contributed by atoms with Crippen LogP contribution < -0.4 is 0 Å². The van der Waals surface area contributed by atoms with E-state index in [4.69, 9.17) is 4.74 Å². The molecule has 0 radical (unpaired) electrons. The van der Waals surface area contributed by atoms with Crippen LogP contribution in [-0.2, 0) is 4.74 Å². The number of hydrogen-bond acceptors (Lipinski definition) is 6. The van der Waals surface area contributed by atoms with E-state index in [-0.39, 0.29) is 30.9 Å². The minimum absolute atomic E-state index is 0.0777. The lowest BCUT2D eigenvalue weighted by molar-refractivity contribution is -0.620. The van der Waals surface area contributed by atoms with Gasteiger partial charge in [-0.1, -0.05) is 15.9 Å². The minimum atomic E-state index is -1.43. The molecule has 0 spiro atoms. The third kappa shape index (κ3) is 2.39. The van der Waals surface area contributed by atoms with Gasteiger partial charge in [0.25, 0.3) is 5.54 Å². The lowest BCUT2D eigenvalue weighted by atomic mass is 9.71. The van der Waals surface area contributed by atoms with Crippen molar-refractivity contribution < 1.29 is 14.6 Å². The molecule has 112 valence electrons. The number of piperidine rings is 1. The SMILES string of the molecule is COC1=C[C@@]2([N+](=O)[O-])CN(CCBr)C[C@@]([N+](=O)[O-])(C1)C2. The van der Waals surface area contributed by atoms with Crippen LogP contribution >= 0.6 is 15.9 Å². The van der Waals surface area contributed by atoms with E-state index in [1.165, 1.54) is 13.2 Å². The number of halogens is 1. The molecule has 2 aliphatic rings. The maximum Gasteiger partial charge on any atom is 0.263 e. The van der Waals surface area contributed by atoms with Crippen LogP contribution in [0.25, 0.3) is 0 Å². The highest BCUT2D eigenvalue weighted by Gasteiger charge is 2.64. The monoisotopic (exact) mass is 349 g/mol. The second-order valence-corrected chi connectivity index (χ2v) is 6.20. The number of methoxy groups -OCH3 is 1. The molecule has 1 heterocycles. The van der Waals surface area contributed by atoms with Crippen LogP contribution in [0.4, 0.5) is 0 Å². The summed E-state index contributed by atoms with van der Waals surface area (Å²) in [7, 11) is 1.39. The number of likely N-dealkylation sites (tertiary alicyclic amines) is 1. The Bertz CT molecular complexity index is 471. The first-order valence-corrected chi connectivity index (χ1v) is 7.33. The highest BCUT2D eigenvalue weighted by atomic mass is 79.9. The van der Waals surface area contributed by atoms with Gasteiger partial charge in [-0.25, -0.2) is 0 Å². The van der Waals surface area contributed by atoms with E-state index in [0.29, 0.717) is 17.6 Å². The zero-order valence-electron chi connectivity index (χ0n) is 11.1. The summed E-state index contributed by atoms with van der Waals surface area (Å²) in [6, 6.07) is 0. The molecule has 1 aliphatic carbocycles. The van der Waals surface area contributed by atoms with Gasteiger partial charge in [-0.3, -0.25) is 25.1 Å². The Balaban J connectivity index is 2.47. The molecular weight excluding hydrogens is 334 g/mol. The quantitative estimate of drug-likeness (QED) is 0.418. The maximum atomic E-state index is 11.5. The lowest BCUT2D eigenvalue weighted by Gasteiger charge is -2.44. The molecule has 20 heavy (non-hydrogen) atoms. The second kappa shape index (κ2) is 5.28. The van der Waals surface area contributed by atoms with Gasteiger partial charge in [0.15, 0.2) is 0 Å². The van der Waals surface area contributed by atoms with Crippen molar-refractivity contribution in [2.24, 2.45) is 0 Å². The molecule has 8 nitrogen and oxygen atoms in total. The lowest BCUT2D eigenvalue weighted by Crippen LogP contribution is -2.66. The second-order valence-electron chi connectivity index (χ2n) is 5.41. The Labute approximate surface area is 124 Å². The van der Waals surface area contributed by atoms with E-state index in [0.717, 1.165) is 0 Å². The van der Waals surface area contributed by atoms with Crippen LogP contribution in [0.15, 0.2) is 11.8 Å². The van der Waals surface area contributed by atoms with E-state index < -0.39 is 16.0 Å². The summed E-state index contributed by atoms with van der Waals surface area (Å²) in [4.78, 5) is 24.0. The molecule has 9 heteroatoms. The summed E-state index contributed by atoms with van der Waals surface area (Å²) in [6.07, 6.45) is 1.48. The highest BCUT2D eigenvalue weighted by molar-refractivity contribution is 9.09. The third-order valence-electron chi connectivity index (χ3n) is 4.00. The predicted octanol–water partition coefficient (Wildman–Crippen LogP) is 1.05. The van der Waals surface area contributed by atoms with Crippen molar-refractivity contribution in [1.82, 2.24) is 4.90 Å². The van der Waals surface area contributed by atoms with Crippen molar-refractivity contribution in [2.75, 3.05) is 32.1 Å². The van der Waals surface area contributed by atoms with Gasteiger partial charge in [0.1, 0.15) is 5.76 Å². The zero-order valence-corrected chi connectivity index (χ0v) is 12.7. The van der Waals surface area contributed by atoms with Crippen LogP contribution in [0, 0.1) is 20.2 Å². The number of alkyl halides is 1. The average Bonchev–Trinajstić information content (AvgIpc) is 2.37. The fourth-order valence-electron chi connectivity index (χ4n) is 3.20. The number of rotatable bonds is 5. The molecule has 0 aromatic rings. The zero-order chi connectivity index (χ0) is 15.0. The number of fused-ring (bicyclic) bond motifs is 2. The molecule has 0 saturated carbocycles. The van der Waals surface area contributed by atoms with E-state index in [1.807, 2.05) is 0 Å². The molecular formula is C11H16BrN3O5. The van der Waals surface area contributed by atoms with Crippen LogP contribution in [-0.4, -0.2) is 57.9 Å². The van der Waals surface area contributed by atoms with Gasteiger partial charge >= 0.3 is 0 Å². The van der Waals surface area contributed by atoms with Gasteiger partial charge < -0.3 is 4.74 Å². The fraction of sp³-hybridized carbons (Fsp3) is 0.818. The van der Waals surface area contributed by atoms with Gasteiger partial charge in [0, 0.05) is 27.8 Å². The highest BCUT2D eigenvalue weighted by Crippen LogP contribution is 2.43. The number of nitrogens with zero attached hydrogens (tertiary/aromatic N) is 3. The summed E-state index contributed by atoms with van der Waals surface area (Å²) in [5.74, 6) is 0.336. The molecule has 2 bridgehead atoms. The molecule has 2 rings (SSSR count). The third-order valence-corrected chi connectivity index (χ3v) is 4.35. The summed E-state index contributed by atoms with van der Waals surface area (Å²) in [6.45, 7) is 0.928. The maximum absolute atomic E-state index is 11.5. The Hall–Kier alpha value is -1.22. The Morgan fingerprint density at radius 2 is 2.10 bits per heavy atom. The normalized spacial score (nSPS) is 33.4. The van der Waals surface area contributed by atoms with E-state index in [9.17, 15) is 20.2 Å². The van der Waals surface area contributed by atoms with Crippen molar-refractivity contribution in [3.63, 3.8) is 0 Å². The summed E-state index contributed by atoms with van der Waals surface area (Å²) in [5, 5.41) is 23.7. The van der Waals surface area contributed by atoms with Crippen LogP contribution in [0.1, 0.15) is 12.8 Å². The molecule has 0 aromatic heterocycles. The first-order valence-electron chi connectivity index (χ1n) is 6.20. The van der Waals surface area contributed by atoms with E-state index in [2.05, 4.69) is 15.9 Å². The van der Waals surface area contributed by atoms with Crippen molar-refractivity contribution in [3.05, 3.63) is 32.1 Å². The Kier molecular flexibility index (Phi) is 4.01. The minimum Gasteiger partial charge on any atom is -0.501 e. The van der Waals surface area contributed by atoms with Gasteiger partial charge in [0.05, 0.1) is 33.0 Å². The van der Waals surface area contributed by atoms with Gasteiger partial charge in [-0.2, -0.15) is 0 Å². The van der Waals surface area contributed by atoms with Crippen molar-refractivity contribution in [2.45, 2.75) is 23.9 Å². The molecule has 2 atom stereocenters. The average molecular weight is 350 g/mol. The molecule has 0 N–H and O–H groups in total. The van der Waals surface area contributed by atoms with Gasteiger partial charge in [-0.15, -0.1) is 0 Å². The van der Waals surface area contributed by atoms with E-state index >= 15 is 0 Å². The Morgan fingerprint density at radius 1 is 1.40 bits per heavy atom. The van der Waals surface area contributed by atoms with Crippen LogP contribution in [0.3, 0.4) is 0 Å². The summed E-state index contributed by atoms with van der Waals surface area (Å²) < 4.78 is 5.10. The van der Waals surface area contributed by atoms with Crippen LogP contribution in [0.2, 0.25) is 0 Å². The molecule has 0 amide bonds. The molecule has 0 unspecified atom stereocenters. The first kappa shape index (κ1) is 15.2. The number of ether oxygens (including phenoxy) is 1. The van der Waals surface area contributed by atoms with Crippen molar-refractivity contribution >= 4 is 15.9 Å². The molecule has 1 aliphatic heterocycles. The first-order chi connectivity index (χ1) is 9.37. The Morgan fingerprint density at radius 3 is 2.60 bits per heavy atom. The molecule has 0 aromatic carbocycles. The molecule has 1 fully saturated rings. The summed E-state index contributed by atoms with van der Waals surface area (Å²) >= 11 is 3.28. The largest absolute Gasteiger partial charge is 0.501 e. The number of nitro groups is 2. The number of hydrogen-bond donors (Lipinski definition) is 0. The van der Waals surface area contributed by atoms with E-state index in [1.54, 1.807) is 4.90 Å². The van der Waals surface area contributed by atoms with Crippen molar-refractivity contribution in [3.8, 4) is 0 Å². The van der Waals surface area contributed by atoms with Gasteiger partial charge in [0.2, 0.25) is 5.54 Å². The predicted molar refractivity (Wildman–Crippen MR) is 74.0 cm³/mol. The smallest absolute Gasteiger partial charge is 0.263 e. The standard InChI is InChI=1S/C11H16BrN3O5/c1-20-9-4-10(14(16)17)6-11(5-9,15(18)19)8-13(7-10)3-2-12/h4H,2-3,5-8H2,1H3/t10-,11+/m0/s1. The fourth-order valence-corrected chi connectivity index (χ4v) is 3.70. The van der Waals surface area contributed by atoms with Gasteiger partial charge in [-0.05, 0) is 0 Å². The molecule has 1 saturated heterocycles.